The Hall–Kier alpha value is -2.30. The fourth-order valence-electron chi connectivity index (χ4n) is 2.21. The van der Waals surface area contributed by atoms with Crippen molar-refractivity contribution in [2.75, 3.05) is 5.32 Å². The maximum absolute atomic E-state index is 4.41. The first-order chi connectivity index (χ1) is 9.13. The van der Waals surface area contributed by atoms with Crippen LogP contribution in [0.4, 0.5) is 5.69 Å². The van der Waals surface area contributed by atoms with Crippen LogP contribution in [0.3, 0.4) is 0 Å². The fourth-order valence-corrected chi connectivity index (χ4v) is 2.21. The normalized spacial score (nSPS) is 12.8. The molecule has 1 N–H and O–H groups in total. The van der Waals surface area contributed by atoms with Gasteiger partial charge in [-0.15, -0.1) is 0 Å². The van der Waals surface area contributed by atoms with Crippen LogP contribution in [0.5, 0.6) is 0 Å². The third-order valence-corrected chi connectivity index (χ3v) is 3.29. The first kappa shape index (κ1) is 11.8. The van der Waals surface area contributed by atoms with Gasteiger partial charge >= 0.3 is 0 Å². The van der Waals surface area contributed by atoms with E-state index in [1.54, 1.807) is 0 Å². The van der Waals surface area contributed by atoms with E-state index < -0.39 is 0 Å². The van der Waals surface area contributed by atoms with Crippen molar-refractivity contribution >= 4 is 16.7 Å². The molecule has 98 valence electrons. The van der Waals surface area contributed by atoms with Crippen molar-refractivity contribution in [2.45, 2.75) is 13.0 Å². The number of imidazole rings is 1. The van der Waals surface area contributed by atoms with Crippen molar-refractivity contribution < 1.29 is 0 Å². The lowest BCUT2D eigenvalue weighted by Gasteiger charge is -2.13. The molecule has 5 heteroatoms. The van der Waals surface area contributed by atoms with Crippen molar-refractivity contribution in [1.29, 1.82) is 0 Å². The molecule has 0 aliphatic carbocycles. The predicted molar refractivity (Wildman–Crippen MR) is 76.0 cm³/mol. The quantitative estimate of drug-likeness (QED) is 0.782. The molecular weight excluding hydrogens is 238 g/mol. The van der Waals surface area contributed by atoms with E-state index in [-0.39, 0.29) is 6.04 Å². The molecule has 5 nitrogen and oxygen atoms in total. The minimum absolute atomic E-state index is 0.169. The zero-order valence-electron chi connectivity index (χ0n) is 11.3. The first-order valence-corrected chi connectivity index (χ1v) is 6.30. The van der Waals surface area contributed by atoms with Crippen LogP contribution in [0.2, 0.25) is 0 Å². The van der Waals surface area contributed by atoms with Crippen LogP contribution < -0.4 is 5.32 Å². The lowest BCUT2D eigenvalue weighted by molar-refractivity contribution is 0.718. The number of hydrogen-bond acceptors (Lipinski definition) is 3. The summed E-state index contributed by atoms with van der Waals surface area (Å²) in [5.41, 5.74) is 4.23. The van der Waals surface area contributed by atoms with Crippen molar-refractivity contribution in [3.05, 3.63) is 42.5 Å². The zero-order chi connectivity index (χ0) is 13.4. The van der Waals surface area contributed by atoms with Crippen LogP contribution in [0.1, 0.15) is 18.7 Å². The Bertz CT molecular complexity index is 710. The van der Waals surface area contributed by atoms with Gasteiger partial charge in [0.05, 0.1) is 29.1 Å². The highest BCUT2D eigenvalue weighted by molar-refractivity contribution is 5.79. The largest absolute Gasteiger partial charge is 0.377 e. The Morgan fingerprint density at radius 3 is 2.79 bits per heavy atom. The lowest BCUT2D eigenvalue weighted by Crippen LogP contribution is -2.07. The highest BCUT2D eigenvalue weighted by Crippen LogP contribution is 2.21. The maximum Gasteiger partial charge on any atom is 0.0955 e. The van der Waals surface area contributed by atoms with E-state index in [0.29, 0.717) is 0 Å². The van der Waals surface area contributed by atoms with E-state index in [1.165, 1.54) is 0 Å². The lowest BCUT2D eigenvalue weighted by atomic mass is 10.2. The van der Waals surface area contributed by atoms with E-state index >= 15 is 0 Å². The van der Waals surface area contributed by atoms with Gasteiger partial charge in [0, 0.05) is 26.0 Å². The SMILES string of the molecule is CC(Nc1ccc2c(c1)ncn2C)c1ccn(C)n1. The Balaban J connectivity index is 1.84. The van der Waals surface area contributed by atoms with Gasteiger partial charge < -0.3 is 9.88 Å². The number of anilines is 1. The highest BCUT2D eigenvalue weighted by atomic mass is 15.3. The number of nitrogens with one attached hydrogen (secondary N) is 1. The standard InChI is InChI=1S/C14H17N5/c1-10(12-6-7-19(3)17-12)16-11-4-5-14-13(8-11)15-9-18(14)2/h4-10,16H,1-3H3. The number of aromatic nitrogens is 4. The molecule has 0 amide bonds. The smallest absolute Gasteiger partial charge is 0.0955 e. The summed E-state index contributed by atoms with van der Waals surface area (Å²) in [6.45, 7) is 2.10. The molecule has 0 aliphatic heterocycles. The molecule has 0 fully saturated rings. The number of hydrogen-bond donors (Lipinski definition) is 1. The summed E-state index contributed by atoms with van der Waals surface area (Å²) >= 11 is 0. The Morgan fingerprint density at radius 2 is 2.05 bits per heavy atom. The van der Waals surface area contributed by atoms with Gasteiger partial charge in [-0.2, -0.15) is 5.10 Å². The van der Waals surface area contributed by atoms with Crippen LogP contribution in [-0.2, 0) is 14.1 Å². The van der Waals surface area contributed by atoms with Gasteiger partial charge in [0.2, 0.25) is 0 Å². The summed E-state index contributed by atoms with van der Waals surface area (Å²) in [6, 6.07) is 8.41. The summed E-state index contributed by atoms with van der Waals surface area (Å²) in [4.78, 5) is 4.37. The van der Waals surface area contributed by atoms with Crippen LogP contribution >= 0.6 is 0 Å². The fraction of sp³-hybridized carbons (Fsp3) is 0.286. The molecule has 0 aliphatic rings. The predicted octanol–water partition coefficient (Wildman–Crippen LogP) is 2.48. The maximum atomic E-state index is 4.41. The Kier molecular flexibility index (Phi) is 2.74. The number of nitrogens with zero attached hydrogens (tertiary/aromatic N) is 4. The van der Waals surface area contributed by atoms with E-state index in [2.05, 4.69) is 40.5 Å². The van der Waals surface area contributed by atoms with Gasteiger partial charge in [0.15, 0.2) is 0 Å². The van der Waals surface area contributed by atoms with Crippen LogP contribution in [0.25, 0.3) is 11.0 Å². The molecule has 2 heterocycles. The van der Waals surface area contributed by atoms with Gasteiger partial charge in [-0.3, -0.25) is 4.68 Å². The molecule has 1 atom stereocenters. The van der Waals surface area contributed by atoms with E-state index in [9.17, 15) is 0 Å². The second-order valence-corrected chi connectivity index (χ2v) is 4.84. The van der Waals surface area contributed by atoms with Gasteiger partial charge in [0.1, 0.15) is 0 Å². The van der Waals surface area contributed by atoms with E-state index in [4.69, 9.17) is 0 Å². The summed E-state index contributed by atoms with van der Waals surface area (Å²) in [5, 5.41) is 7.86. The average Bonchev–Trinajstić information content (AvgIpc) is 2.97. The molecule has 0 spiro atoms. The second-order valence-electron chi connectivity index (χ2n) is 4.84. The van der Waals surface area contributed by atoms with Crippen molar-refractivity contribution in [3.8, 4) is 0 Å². The molecule has 0 saturated heterocycles. The topological polar surface area (TPSA) is 47.7 Å². The zero-order valence-corrected chi connectivity index (χ0v) is 11.3. The van der Waals surface area contributed by atoms with Crippen LogP contribution in [-0.4, -0.2) is 19.3 Å². The van der Waals surface area contributed by atoms with Gasteiger partial charge in [-0.05, 0) is 31.2 Å². The third kappa shape index (κ3) is 2.19. The van der Waals surface area contributed by atoms with Crippen LogP contribution in [0.15, 0.2) is 36.8 Å². The number of aryl methyl sites for hydroxylation is 2. The first-order valence-electron chi connectivity index (χ1n) is 6.30. The molecule has 2 aromatic heterocycles. The van der Waals surface area contributed by atoms with E-state index in [0.717, 1.165) is 22.4 Å². The molecule has 3 rings (SSSR count). The Labute approximate surface area is 111 Å². The molecular formula is C14H17N5. The van der Waals surface area contributed by atoms with Crippen LogP contribution in [0, 0.1) is 0 Å². The minimum atomic E-state index is 0.169. The third-order valence-electron chi connectivity index (χ3n) is 3.29. The van der Waals surface area contributed by atoms with E-state index in [1.807, 2.05) is 41.9 Å². The average molecular weight is 255 g/mol. The van der Waals surface area contributed by atoms with Gasteiger partial charge in [0.25, 0.3) is 0 Å². The Morgan fingerprint density at radius 1 is 1.21 bits per heavy atom. The number of rotatable bonds is 3. The van der Waals surface area contributed by atoms with Crippen molar-refractivity contribution in [3.63, 3.8) is 0 Å². The van der Waals surface area contributed by atoms with Crippen molar-refractivity contribution in [1.82, 2.24) is 19.3 Å². The van der Waals surface area contributed by atoms with Gasteiger partial charge in [-0.25, -0.2) is 4.98 Å². The molecule has 1 unspecified atom stereocenters. The summed E-state index contributed by atoms with van der Waals surface area (Å²) < 4.78 is 3.83. The molecule has 0 saturated carbocycles. The molecule has 1 aromatic carbocycles. The summed E-state index contributed by atoms with van der Waals surface area (Å²) in [6.07, 6.45) is 3.78. The minimum Gasteiger partial charge on any atom is -0.377 e. The highest BCUT2D eigenvalue weighted by Gasteiger charge is 2.09. The van der Waals surface area contributed by atoms with Crippen molar-refractivity contribution in [2.24, 2.45) is 14.1 Å². The summed E-state index contributed by atoms with van der Waals surface area (Å²) in [7, 11) is 3.93. The number of fused-ring (bicyclic) bond motifs is 1. The monoisotopic (exact) mass is 255 g/mol. The number of benzene rings is 1. The molecule has 3 aromatic rings. The second kappa shape index (κ2) is 4.42. The summed E-state index contributed by atoms with van der Waals surface area (Å²) in [5.74, 6) is 0. The molecule has 0 bridgehead atoms. The molecule has 19 heavy (non-hydrogen) atoms. The van der Waals surface area contributed by atoms with Gasteiger partial charge in [-0.1, -0.05) is 0 Å². The molecule has 0 radical (unpaired) electrons.